The van der Waals surface area contributed by atoms with Gasteiger partial charge >= 0.3 is 13.7 Å². The van der Waals surface area contributed by atoms with Gasteiger partial charge in [0.25, 0.3) is 0 Å². The number of carbonyl (C=O) groups excluding carboxylic acids is 1. The van der Waals surface area contributed by atoms with Gasteiger partial charge in [0, 0.05) is 27.8 Å². The normalized spacial score (nSPS) is 22.7. The maximum absolute atomic E-state index is 15.0. The van der Waals surface area contributed by atoms with E-state index in [0.29, 0.717) is 17.8 Å². The Balaban J connectivity index is 1.25. The second-order valence-electron chi connectivity index (χ2n) is 16.8. The summed E-state index contributed by atoms with van der Waals surface area (Å²) in [6.45, 7) is 13.9. The number of amides is 1. The van der Waals surface area contributed by atoms with E-state index in [2.05, 4.69) is 55.5 Å². The summed E-state index contributed by atoms with van der Waals surface area (Å²) < 4.78 is 84.9. The average Bonchev–Trinajstić information content (AvgIpc) is 4.05. The molecule has 0 aromatic carbocycles. The minimum Gasteiger partial charge on any atom is -0.390 e. The summed E-state index contributed by atoms with van der Waals surface area (Å²) in [7, 11) is -3.99. The SMILES string of the molecule is CCOP(=O)(OCC)[C@@](COCCOC)(COCc1nnnn1COCC[Si](C)(C)C)OC[C@H]1O[C@@H](n2ncc3c(OC(=O)NC4CCCC4)nc(Cl)nc32)[C@@H]2OC(C)(C)O[C@@H]21. The highest BCUT2D eigenvalue weighted by Crippen LogP contribution is 2.61. The first-order valence-corrected chi connectivity index (χ1v) is 26.6. The summed E-state index contributed by atoms with van der Waals surface area (Å²) in [5.74, 6) is -0.739. The summed E-state index contributed by atoms with van der Waals surface area (Å²) in [5.41, 5.74) is 0.225. The number of carbonyl (C=O) groups is 1. The van der Waals surface area contributed by atoms with Crippen LogP contribution in [0.3, 0.4) is 0 Å². The predicted octanol–water partition coefficient (Wildman–Crippen LogP) is 5.09. The number of ether oxygens (including phenoxy) is 9. The molecule has 348 valence electrons. The van der Waals surface area contributed by atoms with Crippen LogP contribution in [0.2, 0.25) is 31.0 Å². The zero-order valence-corrected chi connectivity index (χ0v) is 39.4. The van der Waals surface area contributed by atoms with E-state index in [9.17, 15) is 9.36 Å². The van der Waals surface area contributed by atoms with Gasteiger partial charge in [0.2, 0.25) is 16.5 Å². The van der Waals surface area contributed by atoms with Crippen molar-refractivity contribution in [1.29, 1.82) is 0 Å². The highest BCUT2D eigenvalue weighted by molar-refractivity contribution is 7.55. The van der Waals surface area contributed by atoms with Crippen LogP contribution < -0.4 is 10.1 Å². The Morgan fingerprint density at radius 2 is 1.76 bits per heavy atom. The predicted molar refractivity (Wildman–Crippen MR) is 223 cm³/mol. The van der Waals surface area contributed by atoms with E-state index in [4.69, 9.17) is 63.3 Å². The second-order valence-corrected chi connectivity index (χ2v) is 25.1. The lowest BCUT2D eigenvalue weighted by molar-refractivity contribution is -0.209. The van der Waals surface area contributed by atoms with Gasteiger partial charge in [-0.15, -0.1) is 5.10 Å². The number of tetrazole rings is 1. The molecule has 5 heterocycles. The van der Waals surface area contributed by atoms with Gasteiger partial charge in [0.1, 0.15) is 37.0 Å². The van der Waals surface area contributed by atoms with E-state index in [1.807, 2.05) is 0 Å². The Bertz CT molecular complexity index is 1960. The molecule has 22 nitrogen and oxygen atoms in total. The van der Waals surface area contributed by atoms with Gasteiger partial charge < -0.3 is 57.0 Å². The first-order chi connectivity index (χ1) is 29.6. The van der Waals surface area contributed by atoms with Crippen molar-refractivity contribution in [1.82, 2.24) is 45.3 Å². The maximum Gasteiger partial charge on any atom is 0.414 e. The number of hydrogen-bond donors (Lipinski definition) is 1. The number of nitrogens with one attached hydrogen (secondary N) is 1. The average molecular weight is 934 g/mol. The van der Waals surface area contributed by atoms with E-state index in [0.717, 1.165) is 31.7 Å². The van der Waals surface area contributed by atoms with Crippen LogP contribution >= 0.6 is 19.2 Å². The van der Waals surface area contributed by atoms with Crippen LogP contribution in [-0.2, 0) is 64.8 Å². The van der Waals surface area contributed by atoms with E-state index in [1.165, 1.54) is 15.6 Å². The van der Waals surface area contributed by atoms with Crippen molar-refractivity contribution in [3.05, 3.63) is 17.3 Å². The monoisotopic (exact) mass is 933 g/mol. The van der Waals surface area contributed by atoms with Gasteiger partial charge in [0.15, 0.2) is 23.5 Å². The fourth-order valence-electron chi connectivity index (χ4n) is 7.33. The number of aromatic nitrogens is 8. The molecule has 25 heteroatoms. The number of hydrogen-bond acceptors (Lipinski definition) is 19. The third-order valence-corrected chi connectivity index (χ3v) is 14.8. The Morgan fingerprint density at radius 1 is 1.03 bits per heavy atom. The van der Waals surface area contributed by atoms with Crippen molar-refractivity contribution in [2.24, 2.45) is 0 Å². The lowest BCUT2D eigenvalue weighted by Crippen LogP contribution is -2.47. The molecule has 1 saturated carbocycles. The summed E-state index contributed by atoms with van der Waals surface area (Å²) in [6, 6.07) is 1.00. The number of fused-ring (bicyclic) bond motifs is 2. The van der Waals surface area contributed by atoms with Gasteiger partial charge in [-0.1, -0.05) is 32.5 Å². The molecule has 2 saturated heterocycles. The molecule has 6 rings (SSSR count). The molecule has 0 bridgehead atoms. The molecule has 3 aromatic heterocycles. The van der Waals surface area contributed by atoms with Crippen molar-refractivity contribution in [3.63, 3.8) is 0 Å². The van der Waals surface area contributed by atoms with Crippen molar-refractivity contribution in [2.45, 2.75) is 134 Å². The summed E-state index contributed by atoms with van der Waals surface area (Å²) >= 11 is 6.39. The number of halogens is 1. The van der Waals surface area contributed by atoms with Crippen LogP contribution in [0.15, 0.2) is 6.20 Å². The Morgan fingerprint density at radius 3 is 2.47 bits per heavy atom. The fourth-order valence-corrected chi connectivity index (χ4v) is 10.2. The molecule has 5 atom stereocenters. The topological polar surface area (TPSA) is 235 Å². The van der Waals surface area contributed by atoms with Crippen LogP contribution in [0.1, 0.15) is 65.4 Å². The summed E-state index contributed by atoms with van der Waals surface area (Å²) in [5, 5.41) is 17.7. The largest absolute Gasteiger partial charge is 0.414 e. The highest BCUT2D eigenvalue weighted by atomic mass is 35.5. The van der Waals surface area contributed by atoms with Crippen molar-refractivity contribution < 1.29 is 61.0 Å². The van der Waals surface area contributed by atoms with Crippen LogP contribution in [0.25, 0.3) is 11.0 Å². The number of nitrogens with zero attached hydrogens (tertiary/aromatic N) is 8. The van der Waals surface area contributed by atoms with Crippen molar-refractivity contribution >= 4 is 44.4 Å². The Labute approximate surface area is 367 Å². The van der Waals surface area contributed by atoms with Crippen LogP contribution in [0.5, 0.6) is 5.88 Å². The Hall–Kier alpha value is -2.77. The minimum absolute atomic E-state index is 0.0236. The molecule has 1 amide bonds. The molecule has 3 aromatic rings. The van der Waals surface area contributed by atoms with Gasteiger partial charge in [0.05, 0.1) is 52.4 Å². The molecule has 1 aliphatic carbocycles. The van der Waals surface area contributed by atoms with Crippen molar-refractivity contribution in [3.8, 4) is 5.88 Å². The van der Waals surface area contributed by atoms with Crippen LogP contribution in [0.4, 0.5) is 4.79 Å². The van der Waals surface area contributed by atoms with Crippen LogP contribution in [-0.4, -0.2) is 150 Å². The first kappa shape index (κ1) is 48.7. The summed E-state index contributed by atoms with van der Waals surface area (Å²) in [6.07, 6.45) is 1.36. The molecule has 0 unspecified atom stereocenters. The lowest BCUT2D eigenvalue weighted by Gasteiger charge is -2.39. The molecule has 0 radical (unpaired) electrons. The maximum atomic E-state index is 15.0. The quantitative estimate of drug-likeness (QED) is 0.0504. The third kappa shape index (κ3) is 12.1. The standard InChI is InChI=1S/C37H61ClN9O13PSi/c1-9-55-61(49,56-10-2)37(22-51-16-15-50-5,23-53-21-28-43-44-45-46(28)24-52-17-18-62(6,7)8)54-20-27-29-30(60-36(3,4)59-29)33(57-27)47-31-26(19-39-47)32(42-34(38)41-31)58-35(48)40-25-13-11-12-14-25/h19,25,27,29-30,33H,9-18,20-24H2,1-8H3,(H,40,48)/t27-,29-,30-,33-,37+/m1/s1. The smallest absolute Gasteiger partial charge is 0.390 e. The molecule has 3 aliphatic rings. The van der Waals surface area contributed by atoms with Gasteiger partial charge in [-0.25, -0.2) is 14.2 Å². The van der Waals surface area contributed by atoms with Crippen molar-refractivity contribution in [2.75, 3.05) is 60.0 Å². The number of rotatable bonds is 25. The van der Waals surface area contributed by atoms with Gasteiger partial charge in [-0.3, -0.25) is 4.57 Å². The van der Waals surface area contributed by atoms with E-state index in [-0.39, 0.29) is 82.4 Å². The van der Waals surface area contributed by atoms with E-state index in [1.54, 1.807) is 34.8 Å². The molecule has 2 aliphatic heterocycles. The molecule has 1 N–H and O–H groups in total. The second kappa shape index (κ2) is 21.5. The number of methoxy groups -OCH3 is 1. The molecule has 62 heavy (non-hydrogen) atoms. The van der Waals surface area contributed by atoms with Gasteiger partial charge in [-0.05, 0) is 68.6 Å². The minimum atomic E-state index is -4.22. The Kier molecular flexibility index (Phi) is 16.9. The van der Waals surface area contributed by atoms with E-state index < -0.39 is 57.4 Å². The summed E-state index contributed by atoms with van der Waals surface area (Å²) in [4.78, 5) is 21.5. The third-order valence-electron chi connectivity index (χ3n) is 10.4. The first-order valence-electron chi connectivity index (χ1n) is 21.0. The van der Waals surface area contributed by atoms with Gasteiger partial charge in [-0.2, -0.15) is 15.1 Å². The zero-order chi connectivity index (χ0) is 44.5. The van der Waals surface area contributed by atoms with Crippen LogP contribution in [0, 0.1) is 0 Å². The molecular formula is C37H61ClN9O13PSi. The lowest BCUT2D eigenvalue weighted by atomic mass is 10.1. The molecular weight excluding hydrogens is 873 g/mol. The van der Waals surface area contributed by atoms with E-state index >= 15 is 0 Å². The molecule has 3 fully saturated rings. The zero-order valence-electron chi connectivity index (χ0n) is 36.8. The fraction of sp³-hybridized carbons (Fsp3) is 0.811. The highest BCUT2D eigenvalue weighted by Gasteiger charge is 2.59. The molecule has 0 spiro atoms.